The van der Waals surface area contributed by atoms with E-state index in [1.54, 1.807) is 0 Å². The number of hydrogen-bond acceptors (Lipinski definition) is 11. The van der Waals surface area contributed by atoms with Crippen molar-refractivity contribution in [3.05, 3.63) is 0 Å². The summed E-state index contributed by atoms with van der Waals surface area (Å²) in [4.78, 5) is 0. The Balaban J connectivity index is 1.56. The van der Waals surface area contributed by atoms with Crippen molar-refractivity contribution in [1.29, 1.82) is 0 Å². The molecule has 2 aliphatic heterocycles. The predicted octanol–water partition coefficient (Wildman–Crippen LogP) is -4.54. The van der Waals surface area contributed by atoms with Crippen LogP contribution in [-0.2, 0) is 9.47 Å². The Hall–Kier alpha value is -0.480. The van der Waals surface area contributed by atoms with Crippen molar-refractivity contribution in [2.45, 2.75) is 112 Å². The summed E-state index contributed by atoms with van der Waals surface area (Å²) in [6.45, 7) is -0.608. The van der Waals surface area contributed by atoms with E-state index in [2.05, 4.69) is 0 Å². The van der Waals surface area contributed by atoms with Gasteiger partial charge in [-0.05, 0) is 19.3 Å². The molecule has 0 aromatic carbocycles. The molecular formula is C21H37O12+. The highest BCUT2D eigenvalue weighted by atomic mass is 16.7. The normalized spacial score (nSPS) is 55.7. The quantitative estimate of drug-likeness (QED) is 0.174. The smallest absolute Gasteiger partial charge is 0.187 e. The van der Waals surface area contributed by atoms with Crippen molar-refractivity contribution in [3.8, 4) is 0 Å². The van der Waals surface area contributed by atoms with Crippen molar-refractivity contribution in [3.63, 3.8) is 0 Å². The van der Waals surface area contributed by atoms with Gasteiger partial charge in [-0.2, -0.15) is 0 Å². The highest BCUT2D eigenvalue weighted by Crippen LogP contribution is 2.42. The van der Waals surface area contributed by atoms with Crippen molar-refractivity contribution < 1.29 is 60.2 Å². The van der Waals surface area contributed by atoms with E-state index in [0.717, 1.165) is 0 Å². The first kappa shape index (κ1) is 25.6. The first-order valence-electron chi connectivity index (χ1n) is 11.7. The van der Waals surface area contributed by atoms with Gasteiger partial charge in [0.2, 0.25) is 0 Å². The van der Waals surface area contributed by atoms with E-state index >= 15 is 0 Å². The van der Waals surface area contributed by atoms with Crippen LogP contribution in [0.15, 0.2) is 0 Å². The van der Waals surface area contributed by atoms with Crippen molar-refractivity contribution >= 4 is 0 Å². The standard InChI is InChI=1S/C21H36O12/c22-6-15-17(28)18(29)19(30)21(33-15)32-14-5-9-10(24)3-8(23)4-13(9)31-20(14)7-1-11(25)16(27)12(26)2-7/h7-30H,1-6H2/p+1/t7?,8?,9?,10?,11?,12?,13?,14?,15-,16?,17+,18-,19-,20?,21-/m1/s1. The fourth-order valence-corrected chi connectivity index (χ4v) is 5.91. The molecule has 2 saturated carbocycles. The molecule has 4 aliphatic rings. The lowest BCUT2D eigenvalue weighted by Gasteiger charge is -2.48. The lowest BCUT2D eigenvalue weighted by Crippen LogP contribution is -2.63. The van der Waals surface area contributed by atoms with E-state index in [9.17, 15) is 46.0 Å². The van der Waals surface area contributed by atoms with Crippen LogP contribution in [0, 0.1) is 11.8 Å². The molecule has 13 atom stereocenters. The van der Waals surface area contributed by atoms with E-state index in [0.29, 0.717) is 6.42 Å². The molecule has 0 amide bonds. The summed E-state index contributed by atoms with van der Waals surface area (Å²) in [6.07, 6.45) is -13.1. The third-order valence-electron chi connectivity index (χ3n) is 7.78. The van der Waals surface area contributed by atoms with Crippen LogP contribution in [0.4, 0.5) is 0 Å². The van der Waals surface area contributed by atoms with Gasteiger partial charge >= 0.3 is 0 Å². The number of hydrogen-bond donors (Lipinski definition) is 9. The van der Waals surface area contributed by atoms with Crippen molar-refractivity contribution in [2.75, 3.05) is 6.61 Å². The fourth-order valence-electron chi connectivity index (χ4n) is 5.91. The summed E-state index contributed by atoms with van der Waals surface area (Å²) in [5, 5.41) is 91.1. The van der Waals surface area contributed by atoms with Gasteiger partial charge in [-0.15, -0.1) is 0 Å². The zero-order chi connectivity index (χ0) is 24.0. The van der Waals surface area contributed by atoms with E-state index in [4.69, 9.17) is 14.2 Å². The Morgan fingerprint density at radius 3 is 2.03 bits per heavy atom. The maximum atomic E-state index is 10.5. The van der Waals surface area contributed by atoms with Crippen LogP contribution in [0.2, 0.25) is 0 Å². The third kappa shape index (κ3) is 5.08. The molecular weight excluding hydrogens is 444 g/mol. The van der Waals surface area contributed by atoms with Crippen molar-refractivity contribution in [1.82, 2.24) is 0 Å². The van der Waals surface area contributed by atoms with Crippen LogP contribution >= 0.6 is 0 Å². The molecule has 0 bridgehead atoms. The summed E-state index contributed by atoms with van der Waals surface area (Å²) in [5.74, 6) is -0.728. The van der Waals surface area contributed by atoms with Gasteiger partial charge in [0.25, 0.3) is 0 Å². The minimum atomic E-state index is -1.61. The van der Waals surface area contributed by atoms with Crippen LogP contribution in [-0.4, -0.2) is 137 Å². The summed E-state index contributed by atoms with van der Waals surface area (Å²) in [5.41, 5.74) is 0. The van der Waals surface area contributed by atoms with E-state index in [1.165, 1.54) is 0 Å². The maximum Gasteiger partial charge on any atom is 0.187 e. The summed E-state index contributed by atoms with van der Waals surface area (Å²) < 4.78 is 16.3. The SMILES string of the molecule is OC[C@H]1O[C@@H](OC2CC3C(O)CC(O)CC3[OH+]C2C2CC(O)C(O)C(O)C2)[C@H](O)[C@H](O)[C@H]1O. The molecule has 33 heavy (non-hydrogen) atoms. The molecule has 12 nitrogen and oxygen atoms in total. The number of aliphatic hydroxyl groups is 11. The average Bonchev–Trinajstić information content (AvgIpc) is 2.77. The molecule has 0 aromatic heterocycles. The number of ether oxygens (including phenoxy) is 3. The van der Waals surface area contributed by atoms with Crippen LogP contribution in [0.5, 0.6) is 0 Å². The van der Waals surface area contributed by atoms with Gasteiger partial charge in [-0.1, -0.05) is 0 Å². The molecule has 192 valence electrons. The highest BCUT2D eigenvalue weighted by Gasteiger charge is 2.55. The maximum absolute atomic E-state index is 10.5. The van der Waals surface area contributed by atoms with Crippen LogP contribution in [0.25, 0.3) is 0 Å². The second-order valence-corrected chi connectivity index (χ2v) is 10.0. The molecule has 4 rings (SSSR count). The minimum Gasteiger partial charge on any atom is -0.427 e. The topological polar surface area (TPSA) is 213 Å². The monoisotopic (exact) mass is 481 g/mol. The molecule has 2 saturated heterocycles. The molecule has 12 heteroatoms. The van der Waals surface area contributed by atoms with Gasteiger partial charge in [-0.25, -0.2) is 0 Å². The van der Waals surface area contributed by atoms with Crippen LogP contribution < -0.4 is 0 Å². The molecule has 10 N–H and O–H groups in total. The summed E-state index contributed by atoms with van der Waals surface area (Å²) >= 11 is 0. The number of aliphatic hydroxyl groups excluding tert-OH is 9. The van der Waals surface area contributed by atoms with Gasteiger partial charge in [0.1, 0.15) is 36.6 Å². The second-order valence-electron chi connectivity index (χ2n) is 10.0. The molecule has 0 aromatic rings. The summed E-state index contributed by atoms with van der Waals surface area (Å²) in [7, 11) is 0. The minimum absolute atomic E-state index is 0.142. The average molecular weight is 482 g/mol. The largest absolute Gasteiger partial charge is 0.427 e. The first-order valence-corrected chi connectivity index (χ1v) is 11.7. The Morgan fingerprint density at radius 1 is 0.727 bits per heavy atom. The van der Waals surface area contributed by atoms with Gasteiger partial charge in [0.15, 0.2) is 18.5 Å². The Bertz CT molecular complexity index is 639. The van der Waals surface area contributed by atoms with Gasteiger partial charge in [0.05, 0.1) is 36.9 Å². The highest BCUT2D eigenvalue weighted by molar-refractivity contribution is 4.99. The fraction of sp³-hybridized carbons (Fsp3) is 1.00. The Kier molecular flexibility index (Phi) is 7.95. The zero-order valence-corrected chi connectivity index (χ0v) is 18.2. The molecule has 0 radical (unpaired) electrons. The predicted molar refractivity (Wildman–Crippen MR) is 109 cm³/mol. The second kappa shape index (κ2) is 10.2. The number of fused-ring (bicyclic) bond motifs is 1. The van der Waals surface area contributed by atoms with Gasteiger partial charge < -0.3 is 60.2 Å². The lowest BCUT2D eigenvalue weighted by atomic mass is 9.72. The molecule has 0 spiro atoms. The Labute approximate surface area is 191 Å². The van der Waals surface area contributed by atoms with E-state index in [-0.39, 0.29) is 37.7 Å². The molecule has 8 unspecified atom stereocenters. The molecule has 2 heterocycles. The molecule has 2 aliphatic carbocycles. The van der Waals surface area contributed by atoms with Gasteiger partial charge in [-0.3, -0.25) is 0 Å². The number of rotatable bonds is 4. The lowest BCUT2D eigenvalue weighted by molar-refractivity contribution is -0.357. The van der Waals surface area contributed by atoms with E-state index in [1.807, 2.05) is 0 Å². The van der Waals surface area contributed by atoms with E-state index < -0.39 is 86.0 Å². The first-order chi connectivity index (χ1) is 15.6. The van der Waals surface area contributed by atoms with Gasteiger partial charge in [0, 0.05) is 18.8 Å². The Morgan fingerprint density at radius 2 is 1.39 bits per heavy atom. The van der Waals surface area contributed by atoms with Crippen LogP contribution in [0.1, 0.15) is 32.1 Å². The zero-order valence-electron chi connectivity index (χ0n) is 18.2. The molecule has 4 fully saturated rings. The third-order valence-corrected chi connectivity index (χ3v) is 7.78. The summed E-state index contributed by atoms with van der Waals surface area (Å²) in [6, 6.07) is 0. The van der Waals surface area contributed by atoms with Crippen molar-refractivity contribution in [2.24, 2.45) is 11.8 Å². The van der Waals surface area contributed by atoms with Crippen LogP contribution in [0.3, 0.4) is 0 Å².